The second-order valence-electron chi connectivity index (χ2n) is 2.41. The van der Waals surface area contributed by atoms with E-state index in [0.717, 1.165) is 10.2 Å². The standard InChI is InChI=1S/C10H9BrIN/c1-2-3-6-13-8-4-5-10(12)9(11)7-8/h4-5,7,13H,6H2,1H3. The first-order chi connectivity index (χ1) is 6.24. The minimum Gasteiger partial charge on any atom is -0.374 e. The van der Waals surface area contributed by atoms with Gasteiger partial charge in [-0.25, -0.2) is 0 Å². The average Bonchev–Trinajstić information content (AvgIpc) is 2.12. The predicted octanol–water partition coefficient (Wildman–Crippen LogP) is 3.49. The van der Waals surface area contributed by atoms with Gasteiger partial charge in [-0.15, -0.1) is 5.92 Å². The summed E-state index contributed by atoms with van der Waals surface area (Å²) in [5.41, 5.74) is 1.09. The van der Waals surface area contributed by atoms with Gasteiger partial charge in [-0.2, -0.15) is 0 Å². The molecule has 0 aliphatic carbocycles. The van der Waals surface area contributed by atoms with Gasteiger partial charge in [0.15, 0.2) is 0 Å². The van der Waals surface area contributed by atoms with Crippen LogP contribution in [0.5, 0.6) is 0 Å². The van der Waals surface area contributed by atoms with E-state index in [2.05, 4.69) is 67.8 Å². The van der Waals surface area contributed by atoms with Crippen LogP contribution in [0.3, 0.4) is 0 Å². The zero-order valence-electron chi connectivity index (χ0n) is 7.20. The van der Waals surface area contributed by atoms with Crippen LogP contribution in [-0.4, -0.2) is 6.54 Å². The molecule has 0 spiro atoms. The molecule has 0 saturated heterocycles. The van der Waals surface area contributed by atoms with Crippen LogP contribution in [0, 0.1) is 15.4 Å². The van der Waals surface area contributed by atoms with Crippen molar-refractivity contribution in [3.63, 3.8) is 0 Å². The number of halogens is 2. The van der Waals surface area contributed by atoms with Crippen LogP contribution in [0.15, 0.2) is 22.7 Å². The van der Waals surface area contributed by atoms with Crippen LogP contribution < -0.4 is 5.32 Å². The molecule has 0 unspecified atom stereocenters. The van der Waals surface area contributed by atoms with Gasteiger partial charge >= 0.3 is 0 Å². The van der Waals surface area contributed by atoms with E-state index in [0.29, 0.717) is 6.54 Å². The zero-order chi connectivity index (χ0) is 9.68. The minimum absolute atomic E-state index is 0.698. The molecule has 0 atom stereocenters. The van der Waals surface area contributed by atoms with E-state index in [-0.39, 0.29) is 0 Å². The van der Waals surface area contributed by atoms with Gasteiger partial charge in [0.25, 0.3) is 0 Å². The van der Waals surface area contributed by atoms with E-state index in [4.69, 9.17) is 0 Å². The molecule has 1 aromatic rings. The van der Waals surface area contributed by atoms with E-state index >= 15 is 0 Å². The maximum atomic E-state index is 3.47. The van der Waals surface area contributed by atoms with Gasteiger partial charge in [0, 0.05) is 13.7 Å². The van der Waals surface area contributed by atoms with Crippen molar-refractivity contribution in [3.05, 3.63) is 26.2 Å². The van der Waals surface area contributed by atoms with E-state index in [9.17, 15) is 0 Å². The lowest BCUT2D eigenvalue weighted by Crippen LogP contribution is -1.98. The Kier molecular flexibility index (Phi) is 4.60. The third-order valence-electron chi connectivity index (χ3n) is 1.48. The zero-order valence-corrected chi connectivity index (χ0v) is 10.9. The number of hydrogen-bond donors (Lipinski definition) is 1. The summed E-state index contributed by atoms with van der Waals surface area (Å²) < 4.78 is 2.33. The average molecular weight is 350 g/mol. The molecule has 0 radical (unpaired) electrons. The van der Waals surface area contributed by atoms with Gasteiger partial charge in [0.2, 0.25) is 0 Å². The van der Waals surface area contributed by atoms with Crippen molar-refractivity contribution in [2.24, 2.45) is 0 Å². The van der Waals surface area contributed by atoms with Crippen LogP contribution in [0.4, 0.5) is 5.69 Å². The number of rotatable bonds is 2. The lowest BCUT2D eigenvalue weighted by molar-refractivity contribution is 1.37. The Labute approximate surface area is 101 Å². The Morgan fingerprint density at radius 1 is 1.54 bits per heavy atom. The highest BCUT2D eigenvalue weighted by molar-refractivity contribution is 14.1. The third kappa shape index (κ3) is 3.57. The summed E-state index contributed by atoms with van der Waals surface area (Å²) in [5.74, 6) is 5.79. The monoisotopic (exact) mass is 349 g/mol. The van der Waals surface area contributed by atoms with E-state index < -0.39 is 0 Å². The lowest BCUT2D eigenvalue weighted by atomic mass is 10.3. The number of nitrogens with one attached hydrogen (secondary N) is 1. The van der Waals surface area contributed by atoms with Crippen molar-refractivity contribution < 1.29 is 0 Å². The van der Waals surface area contributed by atoms with Crippen LogP contribution in [0.1, 0.15) is 6.92 Å². The summed E-state index contributed by atoms with van der Waals surface area (Å²) >= 11 is 5.75. The minimum atomic E-state index is 0.698. The van der Waals surface area contributed by atoms with Gasteiger partial charge in [-0.3, -0.25) is 0 Å². The Balaban J connectivity index is 2.66. The molecule has 3 heteroatoms. The van der Waals surface area contributed by atoms with Crippen molar-refractivity contribution in [2.45, 2.75) is 6.92 Å². The Morgan fingerprint density at radius 2 is 2.31 bits per heavy atom. The van der Waals surface area contributed by atoms with E-state index in [1.54, 1.807) is 0 Å². The van der Waals surface area contributed by atoms with Crippen molar-refractivity contribution in [2.75, 3.05) is 11.9 Å². The van der Waals surface area contributed by atoms with E-state index in [1.807, 2.05) is 13.0 Å². The lowest BCUT2D eigenvalue weighted by Gasteiger charge is -2.03. The summed E-state index contributed by atoms with van der Waals surface area (Å²) in [7, 11) is 0. The molecule has 0 amide bonds. The molecule has 0 bridgehead atoms. The van der Waals surface area contributed by atoms with Crippen LogP contribution in [0.25, 0.3) is 0 Å². The summed E-state index contributed by atoms with van der Waals surface area (Å²) in [6, 6.07) is 6.16. The van der Waals surface area contributed by atoms with Gasteiger partial charge in [-0.05, 0) is 63.6 Å². The van der Waals surface area contributed by atoms with Gasteiger partial charge in [0.1, 0.15) is 0 Å². The fourth-order valence-corrected chi connectivity index (χ4v) is 1.56. The maximum Gasteiger partial charge on any atom is 0.0765 e. The molecule has 0 aromatic heterocycles. The normalized spacial score (nSPS) is 8.85. The van der Waals surface area contributed by atoms with Crippen molar-refractivity contribution in [3.8, 4) is 11.8 Å². The molecule has 1 rings (SSSR count). The quantitative estimate of drug-likeness (QED) is 0.636. The molecular weight excluding hydrogens is 341 g/mol. The molecular formula is C10H9BrIN. The summed E-state index contributed by atoms with van der Waals surface area (Å²) in [6.07, 6.45) is 0. The first kappa shape index (κ1) is 10.9. The number of hydrogen-bond acceptors (Lipinski definition) is 1. The number of anilines is 1. The molecule has 68 valence electrons. The predicted molar refractivity (Wildman–Crippen MR) is 68.8 cm³/mol. The fourth-order valence-electron chi connectivity index (χ4n) is 0.841. The van der Waals surface area contributed by atoms with Gasteiger partial charge < -0.3 is 5.32 Å². The molecule has 0 heterocycles. The van der Waals surface area contributed by atoms with Gasteiger partial charge in [-0.1, -0.05) is 5.92 Å². The molecule has 1 aromatic carbocycles. The molecule has 0 fully saturated rings. The molecule has 1 nitrogen and oxygen atoms in total. The number of benzene rings is 1. The molecule has 1 N–H and O–H groups in total. The third-order valence-corrected chi connectivity index (χ3v) is 3.82. The highest BCUT2D eigenvalue weighted by atomic mass is 127. The summed E-state index contributed by atoms with van der Waals surface area (Å²) in [5, 5.41) is 3.21. The highest BCUT2D eigenvalue weighted by Crippen LogP contribution is 2.22. The van der Waals surface area contributed by atoms with Crippen molar-refractivity contribution in [1.82, 2.24) is 0 Å². The second kappa shape index (κ2) is 5.51. The summed E-state index contributed by atoms with van der Waals surface area (Å²) in [6.45, 7) is 2.54. The molecule has 0 aliphatic heterocycles. The van der Waals surface area contributed by atoms with Gasteiger partial charge in [0.05, 0.1) is 6.54 Å². The Hall–Kier alpha value is -0.210. The van der Waals surface area contributed by atoms with Crippen molar-refractivity contribution >= 4 is 44.2 Å². The highest BCUT2D eigenvalue weighted by Gasteiger charge is 1.96. The van der Waals surface area contributed by atoms with Crippen LogP contribution in [0.2, 0.25) is 0 Å². The topological polar surface area (TPSA) is 12.0 Å². The molecule has 0 saturated carbocycles. The summed E-state index contributed by atoms with van der Waals surface area (Å²) in [4.78, 5) is 0. The SMILES string of the molecule is CC#CCNc1ccc(I)c(Br)c1. The van der Waals surface area contributed by atoms with Crippen LogP contribution in [-0.2, 0) is 0 Å². The van der Waals surface area contributed by atoms with Crippen molar-refractivity contribution in [1.29, 1.82) is 0 Å². The Morgan fingerprint density at radius 3 is 2.92 bits per heavy atom. The second-order valence-corrected chi connectivity index (χ2v) is 4.43. The van der Waals surface area contributed by atoms with Crippen LogP contribution >= 0.6 is 38.5 Å². The first-order valence-corrected chi connectivity index (χ1v) is 5.69. The fraction of sp³-hybridized carbons (Fsp3) is 0.200. The maximum absolute atomic E-state index is 3.47. The first-order valence-electron chi connectivity index (χ1n) is 3.82. The largest absolute Gasteiger partial charge is 0.374 e. The molecule has 0 aliphatic rings. The molecule has 13 heavy (non-hydrogen) atoms. The van der Waals surface area contributed by atoms with E-state index in [1.165, 1.54) is 3.57 Å². The smallest absolute Gasteiger partial charge is 0.0765 e. The Bertz CT molecular complexity index is 352.